The Morgan fingerprint density at radius 3 is 2.71 bits per heavy atom. The molecular weight excluding hydrogens is 391 g/mol. The summed E-state index contributed by atoms with van der Waals surface area (Å²) >= 11 is 0. The van der Waals surface area contributed by atoms with E-state index < -0.39 is 10.0 Å². The fourth-order valence-corrected chi connectivity index (χ4v) is 3.49. The van der Waals surface area contributed by atoms with Crippen LogP contribution in [0.1, 0.15) is 17.7 Å². The van der Waals surface area contributed by atoms with Crippen molar-refractivity contribution < 1.29 is 17.9 Å². The minimum absolute atomic E-state index is 0. The summed E-state index contributed by atoms with van der Waals surface area (Å²) in [5.41, 5.74) is 2.65. The summed E-state index contributed by atoms with van der Waals surface area (Å²) in [6, 6.07) is 8.91. The topological polar surface area (TPSA) is 106 Å². The van der Waals surface area contributed by atoms with Gasteiger partial charge in [-0.15, -0.1) is 0 Å². The first-order valence-corrected chi connectivity index (χ1v) is 10.00. The van der Waals surface area contributed by atoms with Gasteiger partial charge >= 0.3 is 29.6 Å². The molecule has 0 aliphatic carbocycles. The van der Waals surface area contributed by atoms with Gasteiger partial charge in [-0.3, -0.25) is 4.98 Å². The number of sulfonamides is 1. The van der Waals surface area contributed by atoms with Crippen molar-refractivity contribution in [1.29, 1.82) is 0 Å². The van der Waals surface area contributed by atoms with E-state index in [-0.39, 0.29) is 41.3 Å². The molecule has 0 bridgehead atoms. The third-order valence-corrected chi connectivity index (χ3v) is 5.29. The molecule has 8 nitrogen and oxygen atoms in total. The van der Waals surface area contributed by atoms with Gasteiger partial charge in [0.15, 0.2) is 0 Å². The van der Waals surface area contributed by atoms with Crippen molar-refractivity contribution in [3.8, 4) is 5.75 Å². The average molecular weight is 414 g/mol. The molecule has 1 aromatic carbocycles. The summed E-state index contributed by atoms with van der Waals surface area (Å²) < 4.78 is 38.3. The average Bonchev–Trinajstić information content (AvgIpc) is 3.11. The van der Waals surface area contributed by atoms with E-state index in [4.69, 9.17) is 9.47 Å². The van der Waals surface area contributed by atoms with E-state index in [9.17, 15) is 8.42 Å². The monoisotopic (exact) mass is 414 g/mol. The van der Waals surface area contributed by atoms with E-state index in [1.165, 1.54) is 0 Å². The standard InChI is InChI=1S/C18H22N4O4S.Na.H/c1-13-16(19-9-8-17(13)26-11-5-10-25-2)12-20-27(23,24)18-21-14-6-3-4-7-15(14)22-18;;/h3-4,6-9,20H,5,10-12H2,1-2H3,(H,21,22);;. The summed E-state index contributed by atoms with van der Waals surface area (Å²) in [5, 5.41) is -0.117. The second kappa shape index (κ2) is 10.3. The number of pyridine rings is 1. The second-order valence-electron chi connectivity index (χ2n) is 5.96. The Labute approximate surface area is 186 Å². The molecule has 0 saturated carbocycles. The zero-order valence-corrected chi connectivity index (χ0v) is 16.0. The van der Waals surface area contributed by atoms with E-state index in [1.807, 2.05) is 13.0 Å². The van der Waals surface area contributed by atoms with Crippen molar-refractivity contribution in [1.82, 2.24) is 19.7 Å². The normalized spacial score (nSPS) is 11.4. The van der Waals surface area contributed by atoms with Crippen LogP contribution in [0.4, 0.5) is 0 Å². The number of para-hydroxylation sites is 2. The van der Waals surface area contributed by atoms with Gasteiger partial charge in [0, 0.05) is 31.9 Å². The molecule has 0 radical (unpaired) electrons. The molecule has 3 aromatic rings. The van der Waals surface area contributed by atoms with Crippen LogP contribution in [-0.2, 0) is 21.3 Å². The Hall–Kier alpha value is -1.49. The third-order valence-electron chi connectivity index (χ3n) is 4.06. The number of nitrogens with zero attached hydrogens (tertiary/aromatic N) is 2. The number of rotatable bonds is 9. The third kappa shape index (κ3) is 5.53. The molecule has 0 aliphatic heterocycles. The number of hydrogen-bond acceptors (Lipinski definition) is 6. The maximum atomic E-state index is 12.5. The summed E-state index contributed by atoms with van der Waals surface area (Å²) in [6.45, 7) is 3.03. The molecule has 2 aromatic heterocycles. The summed E-state index contributed by atoms with van der Waals surface area (Å²) in [4.78, 5) is 11.2. The van der Waals surface area contributed by atoms with Crippen molar-refractivity contribution >= 4 is 50.6 Å². The zero-order chi connectivity index (χ0) is 19.3. The Morgan fingerprint density at radius 2 is 1.96 bits per heavy atom. The molecule has 28 heavy (non-hydrogen) atoms. The van der Waals surface area contributed by atoms with Crippen LogP contribution in [-0.4, -0.2) is 73.3 Å². The molecule has 2 N–H and O–H groups in total. The Bertz CT molecular complexity index is 990. The second-order valence-corrected chi connectivity index (χ2v) is 7.64. The zero-order valence-electron chi connectivity index (χ0n) is 15.2. The summed E-state index contributed by atoms with van der Waals surface area (Å²) in [6.07, 6.45) is 2.37. The summed E-state index contributed by atoms with van der Waals surface area (Å²) in [7, 11) is -2.15. The van der Waals surface area contributed by atoms with Crippen LogP contribution in [0.5, 0.6) is 5.75 Å². The number of benzene rings is 1. The molecular formula is C18H23N4NaO4S. The fourth-order valence-electron chi connectivity index (χ4n) is 2.57. The van der Waals surface area contributed by atoms with Crippen molar-refractivity contribution in [2.75, 3.05) is 20.3 Å². The van der Waals surface area contributed by atoms with Gasteiger partial charge < -0.3 is 14.5 Å². The number of hydrogen-bond donors (Lipinski definition) is 2. The van der Waals surface area contributed by atoms with Gasteiger partial charge in [0.2, 0.25) is 5.16 Å². The first-order chi connectivity index (χ1) is 13.0. The molecule has 146 valence electrons. The number of fused-ring (bicyclic) bond motifs is 1. The van der Waals surface area contributed by atoms with Gasteiger partial charge in [-0.2, -0.15) is 0 Å². The van der Waals surface area contributed by atoms with Crippen LogP contribution in [0.25, 0.3) is 11.0 Å². The van der Waals surface area contributed by atoms with Gasteiger partial charge in [-0.1, -0.05) is 12.1 Å². The molecule has 0 amide bonds. The first-order valence-electron chi connectivity index (χ1n) is 8.52. The van der Waals surface area contributed by atoms with Crippen molar-refractivity contribution in [3.63, 3.8) is 0 Å². The minimum atomic E-state index is -3.79. The molecule has 10 heteroatoms. The van der Waals surface area contributed by atoms with Gasteiger partial charge in [-0.25, -0.2) is 18.1 Å². The van der Waals surface area contributed by atoms with Crippen molar-refractivity contribution in [3.05, 3.63) is 47.8 Å². The molecule has 3 rings (SSSR count). The van der Waals surface area contributed by atoms with Crippen LogP contribution < -0.4 is 9.46 Å². The SMILES string of the molecule is COCCCOc1ccnc(CNS(=O)(=O)c2nc3ccccc3[nH]2)c1C.[NaH]. The van der Waals surface area contributed by atoms with Crippen molar-refractivity contribution in [2.24, 2.45) is 0 Å². The van der Waals surface area contributed by atoms with Gasteiger partial charge in [-0.05, 0) is 25.1 Å². The van der Waals surface area contributed by atoms with Gasteiger partial charge in [0.25, 0.3) is 10.0 Å². The number of imidazole rings is 1. The van der Waals surface area contributed by atoms with Crippen LogP contribution in [0.15, 0.2) is 41.7 Å². The maximum absolute atomic E-state index is 12.5. The molecule has 0 fully saturated rings. The molecule has 0 unspecified atom stereocenters. The number of aromatic nitrogens is 3. The molecule has 0 spiro atoms. The number of ether oxygens (including phenoxy) is 2. The molecule has 2 heterocycles. The van der Waals surface area contributed by atoms with Crippen LogP contribution in [0.3, 0.4) is 0 Å². The number of aromatic amines is 1. The van der Waals surface area contributed by atoms with Crippen molar-refractivity contribution in [2.45, 2.75) is 25.0 Å². The van der Waals surface area contributed by atoms with E-state index in [1.54, 1.807) is 37.6 Å². The quantitative estimate of drug-likeness (QED) is 0.406. The van der Waals surface area contributed by atoms with Crippen LogP contribution in [0.2, 0.25) is 0 Å². The Kier molecular flexibility index (Phi) is 8.41. The first kappa shape index (κ1) is 22.8. The van der Waals surface area contributed by atoms with E-state index in [2.05, 4.69) is 19.7 Å². The van der Waals surface area contributed by atoms with E-state index >= 15 is 0 Å². The predicted octanol–water partition coefficient (Wildman–Crippen LogP) is 1.51. The Balaban J connectivity index is 0.00000280. The van der Waals surface area contributed by atoms with Gasteiger partial charge in [0.1, 0.15) is 5.75 Å². The summed E-state index contributed by atoms with van der Waals surface area (Å²) in [5.74, 6) is 0.680. The number of nitrogens with one attached hydrogen (secondary N) is 2. The fraction of sp³-hybridized carbons (Fsp3) is 0.333. The number of methoxy groups -OCH3 is 1. The molecule has 0 aliphatic rings. The van der Waals surface area contributed by atoms with Crippen LogP contribution >= 0.6 is 0 Å². The van der Waals surface area contributed by atoms with E-state index in [0.29, 0.717) is 35.7 Å². The van der Waals surface area contributed by atoms with E-state index in [0.717, 1.165) is 12.0 Å². The predicted molar refractivity (Wildman–Crippen MR) is 108 cm³/mol. The van der Waals surface area contributed by atoms with Gasteiger partial charge in [0.05, 0.1) is 29.9 Å². The number of H-pyrrole nitrogens is 1. The Morgan fingerprint density at radius 1 is 1.18 bits per heavy atom. The van der Waals surface area contributed by atoms with Crippen LogP contribution in [0, 0.1) is 6.92 Å². The molecule has 0 atom stereocenters. The molecule has 0 saturated heterocycles.